The molecule has 0 aliphatic heterocycles. The molecule has 0 unspecified atom stereocenters. The van der Waals surface area contributed by atoms with Gasteiger partial charge < -0.3 is 4.74 Å². The molecule has 1 aromatic carbocycles. The van der Waals surface area contributed by atoms with E-state index in [1.54, 1.807) is 0 Å². The average Bonchev–Trinajstić information content (AvgIpc) is 2.15. The predicted octanol–water partition coefficient (Wildman–Crippen LogP) is 1.83. The van der Waals surface area contributed by atoms with Gasteiger partial charge in [-0.25, -0.2) is 0 Å². The maximum Gasteiger partial charge on any atom is 0.271 e. The lowest BCUT2D eigenvalue weighted by Gasteiger charge is -2.03. The lowest BCUT2D eigenvalue weighted by Crippen LogP contribution is -1.98. The number of hydrogen-bond acceptors (Lipinski definition) is 4. The smallest absolute Gasteiger partial charge is 0.271 e. The van der Waals surface area contributed by atoms with Crippen molar-refractivity contribution in [3.8, 4) is 5.75 Å². The topological polar surface area (TPSA) is 69.4 Å². The molecular formula is C8H6ClNO4. The first kappa shape index (κ1) is 10.5. The molecule has 1 rings (SSSR count). The van der Waals surface area contributed by atoms with Crippen LogP contribution in [0.3, 0.4) is 0 Å². The number of benzene rings is 1. The second-order valence-corrected chi connectivity index (χ2v) is 2.76. The van der Waals surface area contributed by atoms with Crippen LogP contribution >= 0.6 is 11.6 Å². The van der Waals surface area contributed by atoms with Gasteiger partial charge in [-0.1, -0.05) is 11.6 Å². The van der Waals surface area contributed by atoms with Gasteiger partial charge in [-0.05, 0) is 6.07 Å². The van der Waals surface area contributed by atoms with Crippen molar-refractivity contribution in [1.29, 1.82) is 0 Å². The Morgan fingerprint density at radius 1 is 1.57 bits per heavy atom. The van der Waals surface area contributed by atoms with Gasteiger partial charge in [0.1, 0.15) is 12.4 Å². The normalized spacial score (nSPS) is 9.50. The number of nitrogens with zero attached hydrogens (tertiary/aromatic N) is 1. The number of hydrogen-bond donors (Lipinski definition) is 0. The summed E-state index contributed by atoms with van der Waals surface area (Å²) in [5.41, 5.74) is -0.117. The Balaban J connectivity index is 2.89. The first-order valence-electron chi connectivity index (χ1n) is 3.65. The van der Waals surface area contributed by atoms with Crippen LogP contribution in [0.2, 0.25) is 5.02 Å². The molecule has 0 bridgehead atoms. The Bertz CT molecular complexity index is 366. The number of nitro benzene ring substituents is 1. The van der Waals surface area contributed by atoms with Crippen molar-refractivity contribution in [2.24, 2.45) is 0 Å². The molecule has 6 heteroatoms. The summed E-state index contributed by atoms with van der Waals surface area (Å²) < 4.78 is 4.90. The molecule has 0 aliphatic carbocycles. The summed E-state index contributed by atoms with van der Waals surface area (Å²) in [5, 5.41) is 10.4. The van der Waals surface area contributed by atoms with Crippen LogP contribution in [0.5, 0.6) is 5.75 Å². The summed E-state index contributed by atoms with van der Waals surface area (Å²) in [7, 11) is 0. The minimum Gasteiger partial charge on any atom is -0.485 e. The highest BCUT2D eigenvalue weighted by atomic mass is 35.5. The van der Waals surface area contributed by atoms with Crippen LogP contribution in [0.1, 0.15) is 0 Å². The average molecular weight is 216 g/mol. The summed E-state index contributed by atoms with van der Waals surface area (Å²) in [6.07, 6.45) is 0.567. The molecule has 0 saturated heterocycles. The third-order valence-electron chi connectivity index (χ3n) is 1.43. The van der Waals surface area contributed by atoms with E-state index in [0.717, 1.165) is 0 Å². The minimum absolute atomic E-state index is 0.112. The summed E-state index contributed by atoms with van der Waals surface area (Å²) in [4.78, 5) is 19.8. The van der Waals surface area contributed by atoms with Gasteiger partial charge in [0.25, 0.3) is 5.69 Å². The van der Waals surface area contributed by atoms with Crippen LogP contribution in [0.15, 0.2) is 18.2 Å². The van der Waals surface area contributed by atoms with Crippen LogP contribution in [-0.2, 0) is 4.79 Å². The van der Waals surface area contributed by atoms with Gasteiger partial charge in [-0.2, -0.15) is 0 Å². The van der Waals surface area contributed by atoms with Crippen molar-refractivity contribution in [3.05, 3.63) is 33.3 Å². The van der Waals surface area contributed by atoms with E-state index in [1.807, 2.05) is 0 Å². The fraction of sp³-hybridized carbons (Fsp3) is 0.125. The van der Waals surface area contributed by atoms with E-state index in [9.17, 15) is 14.9 Å². The molecule has 0 spiro atoms. The molecule has 0 saturated carbocycles. The molecule has 0 heterocycles. The number of rotatable bonds is 4. The number of carbonyl (C=O) groups excluding carboxylic acids is 1. The van der Waals surface area contributed by atoms with Crippen LogP contribution in [-0.4, -0.2) is 17.8 Å². The van der Waals surface area contributed by atoms with Crippen LogP contribution in [0.4, 0.5) is 5.69 Å². The van der Waals surface area contributed by atoms with Gasteiger partial charge >= 0.3 is 0 Å². The van der Waals surface area contributed by atoms with Gasteiger partial charge in [0.2, 0.25) is 0 Å². The van der Waals surface area contributed by atoms with E-state index in [-0.39, 0.29) is 23.1 Å². The molecular weight excluding hydrogens is 210 g/mol. The number of nitro groups is 1. The second kappa shape index (κ2) is 4.57. The highest BCUT2D eigenvalue weighted by Crippen LogP contribution is 2.28. The van der Waals surface area contributed by atoms with E-state index in [2.05, 4.69) is 0 Å². The highest BCUT2D eigenvalue weighted by Gasteiger charge is 2.09. The molecule has 0 fully saturated rings. The first-order valence-corrected chi connectivity index (χ1v) is 4.03. The molecule has 1 aromatic rings. The van der Waals surface area contributed by atoms with E-state index in [0.29, 0.717) is 6.29 Å². The third kappa shape index (κ3) is 2.43. The van der Waals surface area contributed by atoms with E-state index >= 15 is 0 Å². The minimum atomic E-state index is -0.560. The summed E-state index contributed by atoms with van der Waals surface area (Å²) in [6.45, 7) is -0.127. The SMILES string of the molecule is O=CCOc1ccc([N+](=O)[O-])cc1Cl. The Morgan fingerprint density at radius 3 is 2.79 bits per heavy atom. The van der Waals surface area contributed by atoms with Crippen LogP contribution in [0, 0.1) is 10.1 Å². The molecule has 0 radical (unpaired) electrons. The molecule has 5 nitrogen and oxygen atoms in total. The van der Waals surface area contributed by atoms with Crippen molar-refractivity contribution in [3.63, 3.8) is 0 Å². The maximum absolute atomic E-state index is 10.3. The van der Waals surface area contributed by atoms with Gasteiger partial charge in [-0.15, -0.1) is 0 Å². The molecule has 0 aliphatic rings. The zero-order chi connectivity index (χ0) is 10.6. The van der Waals surface area contributed by atoms with Gasteiger partial charge in [0.05, 0.1) is 9.95 Å². The van der Waals surface area contributed by atoms with Crippen LogP contribution in [0.25, 0.3) is 0 Å². The number of non-ortho nitro benzene ring substituents is 1. The monoisotopic (exact) mass is 215 g/mol. The fourth-order valence-corrected chi connectivity index (χ4v) is 1.07. The Hall–Kier alpha value is -1.62. The zero-order valence-corrected chi connectivity index (χ0v) is 7.73. The standard InChI is InChI=1S/C8H6ClNO4/c9-7-5-6(10(12)13)1-2-8(7)14-4-3-11/h1-3,5H,4H2. The molecule has 0 atom stereocenters. The Morgan fingerprint density at radius 2 is 2.29 bits per heavy atom. The van der Waals surface area contributed by atoms with E-state index < -0.39 is 4.92 Å². The van der Waals surface area contributed by atoms with Crippen molar-refractivity contribution in [2.75, 3.05) is 6.61 Å². The van der Waals surface area contributed by atoms with Crippen molar-refractivity contribution in [2.45, 2.75) is 0 Å². The number of halogens is 1. The summed E-state index contributed by atoms with van der Waals surface area (Å²) in [5.74, 6) is 0.254. The van der Waals surface area contributed by atoms with Gasteiger partial charge in [-0.3, -0.25) is 14.9 Å². The third-order valence-corrected chi connectivity index (χ3v) is 1.73. The highest BCUT2D eigenvalue weighted by molar-refractivity contribution is 6.32. The first-order chi connectivity index (χ1) is 6.65. The number of ether oxygens (including phenoxy) is 1. The largest absolute Gasteiger partial charge is 0.485 e. The maximum atomic E-state index is 10.3. The molecule has 0 N–H and O–H groups in total. The lowest BCUT2D eigenvalue weighted by molar-refractivity contribution is -0.384. The Kier molecular flexibility index (Phi) is 3.41. The second-order valence-electron chi connectivity index (χ2n) is 2.35. The summed E-state index contributed by atoms with van der Waals surface area (Å²) >= 11 is 5.66. The Labute approximate surface area is 84.4 Å². The van der Waals surface area contributed by atoms with Crippen molar-refractivity contribution in [1.82, 2.24) is 0 Å². The van der Waals surface area contributed by atoms with Gasteiger partial charge in [0, 0.05) is 12.1 Å². The predicted molar refractivity (Wildman–Crippen MR) is 49.7 cm³/mol. The number of carbonyl (C=O) groups is 1. The van der Waals surface area contributed by atoms with Crippen molar-refractivity contribution < 1.29 is 14.5 Å². The van der Waals surface area contributed by atoms with E-state index in [1.165, 1.54) is 18.2 Å². The molecule has 74 valence electrons. The summed E-state index contributed by atoms with van der Waals surface area (Å²) in [6, 6.07) is 3.78. The number of aldehydes is 1. The zero-order valence-electron chi connectivity index (χ0n) is 6.97. The quantitative estimate of drug-likeness (QED) is 0.436. The van der Waals surface area contributed by atoms with Crippen LogP contribution < -0.4 is 4.74 Å². The lowest BCUT2D eigenvalue weighted by atomic mass is 10.3. The van der Waals surface area contributed by atoms with Gasteiger partial charge in [0.15, 0.2) is 6.29 Å². The van der Waals surface area contributed by atoms with E-state index in [4.69, 9.17) is 16.3 Å². The fourth-order valence-electron chi connectivity index (χ4n) is 0.844. The molecule has 14 heavy (non-hydrogen) atoms. The molecule has 0 aromatic heterocycles. The molecule has 0 amide bonds. The van der Waals surface area contributed by atoms with Crippen molar-refractivity contribution >= 4 is 23.6 Å².